The Hall–Kier alpha value is -2.02. The van der Waals surface area contributed by atoms with E-state index in [4.69, 9.17) is 4.74 Å². The van der Waals surface area contributed by atoms with E-state index in [9.17, 15) is 9.59 Å². The fraction of sp³-hybridized carbons (Fsp3) is 0.667. The molecule has 7 nitrogen and oxygen atoms in total. The van der Waals surface area contributed by atoms with Crippen LogP contribution in [0.5, 0.6) is 0 Å². The van der Waals surface area contributed by atoms with Crippen molar-refractivity contribution in [3.63, 3.8) is 0 Å². The van der Waals surface area contributed by atoms with Crippen LogP contribution in [0.15, 0.2) is 18.6 Å². The second-order valence-electron chi connectivity index (χ2n) is 6.77. The molecule has 2 aliphatic heterocycles. The average Bonchev–Trinajstić information content (AvgIpc) is 2.84. The summed E-state index contributed by atoms with van der Waals surface area (Å²) in [6, 6.07) is 1.95. The lowest BCUT2D eigenvalue weighted by Crippen LogP contribution is -2.47. The number of likely N-dealkylation sites (tertiary alicyclic amines) is 2. The molecule has 2 saturated heterocycles. The van der Waals surface area contributed by atoms with Gasteiger partial charge in [0, 0.05) is 44.6 Å². The minimum atomic E-state index is -0.404. The van der Waals surface area contributed by atoms with Crippen LogP contribution in [0.4, 0.5) is 0 Å². The SMILES string of the molecule is COC1CCCCN(CC(=O)N2CCC(c3ccncn3)CC2)C1=O. The molecule has 0 radical (unpaired) electrons. The number of amides is 2. The van der Waals surface area contributed by atoms with Crippen molar-refractivity contribution in [3.05, 3.63) is 24.3 Å². The molecule has 3 heterocycles. The topological polar surface area (TPSA) is 75.6 Å². The molecule has 25 heavy (non-hydrogen) atoms. The van der Waals surface area contributed by atoms with E-state index >= 15 is 0 Å². The molecule has 1 aromatic heterocycles. The first kappa shape index (κ1) is 17.8. The number of nitrogens with zero attached hydrogens (tertiary/aromatic N) is 4. The summed E-state index contributed by atoms with van der Waals surface area (Å²) < 4.78 is 5.28. The fourth-order valence-corrected chi connectivity index (χ4v) is 3.68. The minimum Gasteiger partial charge on any atom is -0.372 e. The van der Waals surface area contributed by atoms with Gasteiger partial charge < -0.3 is 14.5 Å². The Kier molecular flexibility index (Phi) is 5.96. The molecular weight excluding hydrogens is 320 g/mol. The van der Waals surface area contributed by atoms with Crippen LogP contribution in [0, 0.1) is 0 Å². The number of carbonyl (C=O) groups excluding carboxylic acids is 2. The zero-order valence-electron chi connectivity index (χ0n) is 14.8. The maximum atomic E-state index is 12.6. The molecule has 0 aromatic carbocycles. The molecule has 1 aromatic rings. The molecule has 0 spiro atoms. The molecule has 2 fully saturated rings. The molecular formula is C18H26N4O3. The van der Waals surface area contributed by atoms with Gasteiger partial charge in [0.15, 0.2) is 0 Å². The second-order valence-corrected chi connectivity index (χ2v) is 6.77. The first-order valence-electron chi connectivity index (χ1n) is 9.04. The first-order valence-corrected chi connectivity index (χ1v) is 9.04. The summed E-state index contributed by atoms with van der Waals surface area (Å²) in [4.78, 5) is 36.9. The van der Waals surface area contributed by atoms with Crippen LogP contribution in [-0.2, 0) is 14.3 Å². The van der Waals surface area contributed by atoms with Gasteiger partial charge in [-0.2, -0.15) is 0 Å². The zero-order valence-corrected chi connectivity index (χ0v) is 14.8. The summed E-state index contributed by atoms with van der Waals surface area (Å²) in [5, 5.41) is 0. The Morgan fingerprint density at radius 2 is 2.04 bits per heavy atom. The summed E-state index contributed by atoms with van der Waals surface area (Å²) in [7, 11) is 1.56. The molecule has 0 bridgehead atoms. The third-order valence-electron chi connectivity index (χ3n) is 5.21. The largest absolute Gasteiger partial charge is 0.372 e. The number of ether oxygens (including phenoxy) is 1. The van der Waals surface area contributed by atoms with Crippen LogP contribution >= 0.6 is 0 Å². The predicted molar refractivity (Wildman–Crippen MR) is 91.8 cm³/mol. The quantitative estimate of drug-likeness (QED) is 0.819. The summed E-state index contributed by atoms with van der Waals surface area (Å²) >= 11 is 0. The Balaban J connectivity index is 1.53. The number of methoxy groups -OCH3 is 1. The van der Waals surface area contributed by atoms with Crippen molar-refractivity contribution in [2.45, 2.75) is 44.1 Å². The maximum absolute atomic E-state index is 12.6. The van der Waals surface area contributed by atoms with E-state index in [1.807, 2.05) is 11.0 Å². The van der Waals surface area contributed by atoms with Crippen molar-refractivity contribution in [2.75, 3.05) is 33.3 Å². The van der Waals surface area contributed by atoms with E-state index in [0.29, 0.717) is 25.6 Å². The molecule has 2 aliphatic rings. The van der Waals surface area contributed by atoms with Crippen molar-refractivity contribution in [1.29, 1.82) is 0 Å². The average molecular weight is 346 g/mol. The van der Waals surface area contributed by atoms with E-state index < -0.39 is 6.10 Å². The lowest BCUT2D eigenvalue weighted by atomic mass is 9.93. The van der Waals surface area contributed by atoms with Gasteiger partial charge in [-0.1, -0.05) is 0 Å². The number of rotatable bonds is 4. The van der Waals surface area contributed by atoms with Gasteiger partial charge >= 0.3 is 0 Å². The molecule has 1 atom stereocenters. The third-order valence-corrected chi connectivity index (χ3v) is 5.21. The molecule has 1 unspecified atom stereocenters. The first-order chi connectivity index (χ1) is 12.2. The highest BCUT2D eigenvalue weighted by molar-refractivity contribution is 5.87. The van der Waals surface area contributed by atoms with Crippen LogP contribution in [0.25, 0.3) is 0 Å². The van der Waals surface area contributed by atoms with Gasteiger partial charge in [-0.05, 0) is 38.2 Å². The summed E-state index contributed by atoms with van der Waals surface area (Å²) in [6.07, 6.45) is 7.35. The molecule has 3 rings (SSSR count). The summed E-state index contributed by atoms with van der Waals surface area (Å²) in [5.74, 6) is 0.361. The van der Waals surface area contributed by atoms with E-state index in [1.54, 1.807) is 24.5 Å². The van der Waals surface area contributed by atoms with Crippen LogP contribution < -0.4 is 0 Å². The lowest BCUT2D eigenvalue weighted by Gasteiger charge is -2.33. The number of aromatic nitrogens is 2. The predicted octanol–water partition coefficient (Wildman–Crippen LogP) is 1.21. The van der Waals surface area contributed by atoms with Crippen LogP contribution in [0.1, 0.15) is 43.7 Å². The smallest absolute Gasteiger partial charge is 0.252 e. The molecule has 0 aliphatic carbocycles. The summed E-state index contributed by atoms with van der Waals surface area (Å²) in [6.45, 7) is 2.23. The normalized spacial score (nSPS) is 22.8. The number of carbonyl (C=O) groups is 2. The highest BCUT2D eigenvalue weighted by atomic mass is 16.5. The zero-order chi connectivity index (χ0) is 17.6. The highest BCUT2D eigenvalue weighted by Gasteiger charge is 2.30. The van der Waals surface area contributed by atoms with Gasteiger partial charge in [0.05, 0.1) is 6.54 Å². The molecule has 0 saturated carbocycles. The van der Waals surface area contributed by atoms with Gasteiger partial charge in [0.1, 0.15) is 12.4 Å². The van der Waals surface area contributed by atoms with Crippen LogP contribution in [0.2, 0.25) is 0 Å². The van der Waals surface area contributed by atoms with Gasteiger partial charge in [0.25, 0.3) is 5.91 Å². The van der Waals surface area contributed by atoms with Crippen molar-refractivity contribution < 1.29 is 14.3 Å². The van der Waals surface area contributed by atoms with Crippen LogP contribution in [-0.4, -0.2) is 71.0 Å². The molecule has 2 amide bonds. The lowest BCUT2D eigenvalue weighted by molar-refractivity contribution is -0.146. The monoisotopic (exact) mass is 346 g/mol. The van der Waals surface area contributed by atoms with Gasteiger partial charge in [-0.3, -0.25) is 9.59 Å². The fourth-order valence-electron chi connectivity index (χ4n) is 3.68. The van der Waals surface area contributed by atoms with Gasteiger partial charge in [-0.25, -0.2) is 9.97 Å². The molecule has 136 valence electrons. The van der Waals surface area contributed by atoms with E-state index in [0.717, 1.165) is 37.8 Å². The van der Waals surface area contributed by atoms with E-state index in [-0.39, 0.29) is 18.4 Å². The van der Waals surface area contributed by atoms with Crippen molar-refractivity contribution in [1.82, 2.24) is 19.8 Å². The Morgan fingerprint density at radius 1 is 1.24 bits per heavy atom. The Morgan fingerprint density at radius 3 is 2.72 bits per heavy atom. The summed E-state index contributed by atoms with van der Waals surface area (Å²) in [5.41, 5.74) is 1.05. The Labute approximate surface area is 148 Å². The number of hydrogen-bond donors (Lipinski definition) is 0. The molecule has 7 heteroatoms. The van der Waals surface area contributed by atoms with E-state index in [1.165, 1.54) is 0 Å². The van der Waals surface area contributed by atoms with Crippen LogP contribution in [0.3, 0.4) is 0 Å². The van der Waals surface area contributed by atoms with Crippen molar-refractivity contribution in [2.24, 2.45) is 0 Å². The molecule has 0 N–H and O–H groups in total. The van der Waals surface area contributed by atoms with E-state index in [2.05, 4.69) is 9.97 Å². The second kappa shape index (κ2) is 8.38. The Bertz CT molecular complexity index is 587. The number of piperidine rings is 1. The van der Waals surface area contributed by atoms with Crippen molar-refractivity contribution >= 4 is 11.8 Å². The number of hydrogen-bond acceptors (Lipinski definition) is 5. The standard InChI is InChI=1S/C18H26N4O3/c1-25-16-4-2-3-9-22(18(16)24)12-17(23)21-10-6-14(7-11-21)15-5-8-19-13-20-15/h5,8,13-14,16H,2-4,6-7,9-12H2,1H3. The maximum Gasteiger partial charge on any atom is 0.252 e. The van der Waals surface area contributed by atoms with Gasteiger partial charge in [0.2, 0.25) is 5.91 Å². The highest BCUT2D eigenvalue weighted by Crippen LogP contribution is 2.26. The van der Waals surface area contributed by atoms with Crippen molar-refractivity contribution in [3.8, 4) is 0 Å². The minimum absolute atomic E-state index is 0.0336. The van der Waals surface area contributed by atoms with Gasteiger partial charge in [-0.15, -0.1) is 0 Å². The third kappa shape index (κ3) is 4.34.